The minimum absolute atomic E-state index is 0.117. The third-order valence-electron chi connectivity index (χ3n) is 4.04. The molecular weight excluding hydrogens is 266 g/mol. The van der Waals surface area contributed by atoms with Gasteiger partial charge >= 0.3 is 0 Å². The Hall–Kier alpha value is -2.14. The normalized spacial score (nSPS) is 22.1. The molecule has 1 aliphatic carbocycles. The first kappa shape index (κ1) is 13.8. The van der Waals surface area contributed by atoms with Gasteiger partial charge in [0.1, 0.15) is 5.69 Å². The van der Waals surface area contributed by atoms with E-state index in [1.165, 1.54) is 0 Å². The van der Waals surface area contributed by atoms with Crippen molar-refractivity contribution in [2.24, 2.45) is 0 Å². The summed E-state index contributed by atoms with van der Waals surface area (Å²) < 4.78 is 0. The number of hydrogen-bond acceptors (Lipinski definition) is 4. The molecule has 5 heteroatoms. The van der Waals surface area contributed by atoms with Crippen LogP contribution in [0.25, 0.3) is 10.8 Å². The second-order valence-corrected chi connectivity index (χ2v) is 5.62. The van der Waals surface area contributed by atoms with Gasteiger partial charge in [-0.25, -0.2) is 0 Å². The van der Waals surface area contributed by atoms with E-state index in [0.717, 1.165) is 36.5 Å². The van der Waals surface area contributed by atoms with E-state index >= 15 is 0 Å². The second-order valence-electron chi connectivity index (χ2n) is 5.62. The first-order valence-corrected chi connectivity index (χ1v) is 7.26. The zero-order valence-corrected chi connectivity index (χ0v) is 11.7. The number of anilines is 1. The number of nitrogens with one attached hydrogen (secondary N) is 1. The number of carbonyl (C=O) groups excluding carboxylic acids is 1. The first-order valence-electron chi connectivity index (χ1n) is 7.26. The molecule has 5 nitrogen and oxygen atoms in total. The summed E-state index contributed by atoms with van der Waals surface area (Å²) in [7, 11) is 0. The summed E-state index contributed by atoms with van der Waals surface area (Å²) in [5, 5.41) is 14.2. The molecule has 1 aromatic carbocycles. The predicted molar refractivity (Wildman–Crippen MR) is 81.9 cm³/mol. The van der Waals surface area contributed by atoms with Crippen LogP contribution >= 0.6 is 0 Å². The number of aromatic nitrogens is 1. The van der Waals surface area contributed by atoms with Crippen molar-refractivity contribution in [2.75, 3.05) is 5.73 Å². The highest BCUT2D eigenvalue weighted by atomic mass is 16.3. The fourth-order valence-electron chi connectivity index (χ4n) is 2.85. The van der Waals surface area contributed by atoms with Gasteiger partial charge in [-0.1, -0.05) is 0 Å². The van der Waals surface area contributed by atoms with Gasteiger partial charge in [0.05, 0.1) is 6.10 Å². The number of aliphatic hydroxyl groups is 1. The van der Waals surface area contributed by atoms with Crippen LogP contribution in [0, 0.1) is 0 Å². The van der Waals surface area contributed by atoms with Crippen molar-refractivity contribution in [1.29, 1.82) is 0 Å². The van der Waals surface area contributed by atoms with Crippen LogP contribution in [-0.2, 0) is 0 Å². The number of nitrogens with zero attached hydrogens (tertiary/aromatic N) is 1. The quantitative estimate of drug-likeness (QED) is 0.735. The second kappa shape index (κ2) is 5.69. The Bertz CT molecular complexity index is 664. The van der Waals surface area contributed by atoms with Crippen molar-refractivity contribution in [3.63, 3.8) is 0 Å². The molecule has 21 heavy (non-hydrogen) atoms. The average Bonchev–Trinajstić information content (AvgIpc) is 2.48. The fraction of sp³-hybridized carbons (Fsp3) is 0.375. The summed E-state index contributed by atoms with van der Waals surface area (Å²) in [6, 6.07) is 7.41. The van der Waals surface area contributed by atoms with Gasteiger partial charge in [-0.2, -0.15) is 0 Å². The topological polar surface area (TPSA) is 88.2 Å². The van der Waals surface area contributed by atoms with E-state index in [-0.39, 0.29) is 18.1 Å². The highest BCUT2D eigenvalue weighted by Crippen LogP contribution is 2.21. The molecule has 110 valence electrons. The molecule has 4 N–H and O–H groups in total. The molecule has 0 spiro atoms. The van der Waals surface area contributed by atoms with Crippen molar-refractivity contribution >= 4 is 22.4 Å². The van der Waals surface area contributed by atoms with Gasteiger partial charge in [-0.3, -0.25) is 9.78 Å². The summed E-state index contributed by atoms with van der Waals surface area (Å²) in [5.41, 5.74) is 6.87. The molecule has 0 radical (unpaired) electrons. The molecule has 1 saturated carbocycles. The summed E-state index contributed by atoms with van der Waals surface area (Å²) in [6.07, 6.45) is 4.50. The molecule has 0 unspecified atom stereocenters. The van der Waals surface area contributed by atoms with Gasteiger partial charge in [-0.05, 0) is 55.3 Å². The van der Waals surface area contributed by atoms with Crippen LogP contribution in [-0.4, -0.2) is 28.1 Å². The Morgan fingerprint density at radius 3 is 2.76 bits per heavy atom. The van der Waals surface area contributed by atoms with Crippen molar-refractivity contribution in [3.05, 3.63) is 36.2 Å². The maximum Gasteiger partial charge on any atom is 0.270 e. The lowest BCUT2D eigenvalue weighted by atomic mass is 9.93. The van der Waals surface area contributed by atoms with Crippen molar-refractivity contribution < 1.29 is 9.90 Å². The molecule has 0 bridgehead atoms. The minimum Gasteiger partial charge on any atom is -0.399 e. The molecular formula is C16H19N3O2. The number of carbonyl (C=O) groups is 1. The number of amides is 1. The van der Waals surface area contributed by atoms with E-state index in [4.69, 9.17) is 5.73 Å². The molecule has 1 amide bonds. The lowest BCUT2D eigenvalue weighted by Crippen LogP contribution is -2.39. The SMILES string of the molecule is Nc1ccc2c(C(=O)NC3CCC(O)CC3)nccc2c1. The number of benzene rings is 1. The Morgan fingerprint density at radius 2 is 2.00 bits per heavy atom. The van der Waals surface area contributed by atoms with Crippen LogP contribution in [0.4, 0.5) is 5.69 Å². The van der Waals surface area contributed by atoms with Gasteiger partial charge in [0.15, 0.2) is 0 Å². The largest absolute Gasteiger partial charge is 0.399 e. The lowest BCUT2D eigenvalue weighted by Gasteiger charge is -2.26. The van der Waals surface area contributed by atoms with E-state index in [1.54, 1.807) is 12.3 Å². The maximum absolute atomic E-state index is 12.4. The van der Waals surface area contributed by atoms with Gasteiger partial charge < -0.3 is 16.2 Å². The Morgan fingerprint density at radius 1 is 1.24 bits per heavy atom. The average molecular weight is 285 g/mol. The van der Waals surface area contributed by atoms with E-state index < -0.39 is 0 Å². The molecule has 0 atom stereocenters. The molecule has 3 rings (SSSR count). The van der Waals surface area contributed by atoms with E-state index in [9.17, 15) is 9.90 Å². The Balaban J connectivity index is 1.81. The highest BCUT2D eigenvalue weighted by molar-refractivity contribution is 6.05. The van der Waals surface area contributed by atoms with Crippen LogP contribution in [0.2, 0.25) is 0 Å². The third kappa shape index (κ3) is 2.97. The third-order valence-corrected chi connectivity index (χ3v) is 4.04. The van der Waals surface area contributed by atoms with Crippen LogP contribution in [0.3, 0.4) is 0 Å². The number of nitrogens with two attached hydrogens (primary N) is 1. The van der Waals surface area contributed by atoms with E-state index in [1.807, 2.05) is 18.2 Å². The van der Waals surface area contributed by atoms with Crippen molar-refractivity contribution in [1.82, 2.24) is 10.3 Å². The monoisotopic (exact) mass is 285 g/mol. The van der Waals surface area contributed by atoms with Crippen LogP contribution < -0.4 is 11.1 Å². The smallest absolute Gasteiger partial charge is 0.270 e. The maximum atomic E-state index is 12.4. The first-order chi connectivity index (χ1) is 10.1. The fourth-order valence-corrected chi connectivity index (χ4v) is 2.85. The lowest BCUT2D eigenvalue weighted by molar-refractivity contribution is 0.0865. The molecule has 0 saturated heterocycles. The minimum atomic E-state index is -0.225. The molecule has 2 aromatic rings. The molecule has 1 aliphatic rings. The van der Waals surface area contributed by atoms with Gasteiger partial charge in [-0.15, -0.1) is 0 Å². The number of fused-ring (bicyclic) bond motifs is 1. The van der Waals surface area contributed by atoms with Crippen LogP contribution in [0.5, 0.6) is 0 Å². The van der Waals surface area contributed by atoms with Crippen molar-refractivity contribution in [3.8, 4) is 0 Å². The highest BCUT2D eigenvalue weighted by Gasteiger charge is 2.22. The summed E-state index contributed by atoms with van der Waals surface area (Å²) in [5.74, 6) is -0.160. The van der Waals surface area contributed by atoms with Gasteiger partial charge in [0.2, 0.25) is 0 Å². The van der Waals surface area contributed by atoms with Crippen LogP contribution in [0.1, 0.15) is 36.2 Å². The summed E-state index contributed by atoms with van der Waals surface area (Å²) in [6.45, 7) is 0. The Labute approximate surface area is 123 Å². The number of aliphatic hydroxyl groups excluding tert-OH is 1. The summed E-state index contributed by atoms with van der Waals surface area (Å²) in [4.78, 5) is 16.6. The zero-order chi connectivity index (χ0) is 14.8. The standard InChI is InChI=1S/C16H19N3O2/c17-11-1-6-14-10(9-11)7-8-18-15(14)16(21)19-12-2-4-13(20)5-3-12/h1,6-9,12-13,20H,2-5,17H2,(H,19,21). The van der Waals surface area contributed by atoms with E-state index in [0.29, 0.717) is 11.4 Å². The van der Waals surface area contributed by atoms with Crippen LogP contribution in [0.15, 0.2) is 30.5 Å². The Kier molecular flexibility index (Phi) is 3.75. The molecule has 1 heterocycles. The van der Waals surface area contributed by atoms with Gasteiger partial charge in [0, 0.05) is 23.3 Å². The number of hydrogen-bond donors (Lipinski definition) is 3. The van der Waals surface area contributed by atoms with E-state index in [2.05, 4.69) is 10.3 Å². The predicted octanol–water partition coefficient (Wildman–Crippen LogP) is 1.85. The number of nitrogen functional groups attached to an aromatic ring is 1. The molecule has 1 aromatic heterocycles. The van der Waals surface area contributed by atoms with Gasteiger partial charge in [0.25, 0.3) is 5.91 Å². The number of pyridine rings is 1. The molecule has 1 fully saturated rings. The number of rotatable bonds is 2. The summed E-state index contributed by atoms with van der Waals surface area (Å²) >= 11 is 0. The zero-order valence-electron chi connectivity index (χ0n) is 11.7. The van der Waals surface area contributed by atoms with Crippen molar-refractivity contribution in [2.45, 2.75) is 37.8 Å². The molecule has 0 aliphatic heterocycles.